The van der Waals surface area contributed by atoms with E-state index in [1.165, 1.54) is 0 Å². The number of nitrogens with zero attached hydrogens (tertiary/aromatic N) is 4. The van der Waals surface area contributed by atoms with Crippen molar-refractivity contribution in [2.45, 2.75) is 6.92 Å². The SMILES string of the molecule is Cc1cccnc1-c1cccc(N=[N+]=[N-])c1. The Labute approximate surface area is 93.2 Å². The maximum absolute atomic E-state index is 8.38. The first-order valence-electron chi connectivity index (χ1n) is 4.88. The van der Waals surface area contributed by atoms with E-state index >= 15 is 0 Å². The van der Waals surface area contributed by atoms with Gasteiger partial charge in [0.05, 0.1) is 5.69 Å². The Balaban J connectivity index is 2.52. The maximum Gasteiger partial charge on any atom is 0.0731 e. The van der Waals surface area contributed by atoms with E-state index in [2.05, 4.69) is 15.0 Å². The van der Waals surface area contributed by atoms with Crippen LogP contribution in [0.4, 0.5) is 5.69 Å². The summed E-state index contributed by atoms with van der Waals surface area (Å²) in [6.07, 6.45) is 1.75. The highest BCUT2D eigenvalue weighted by Gasteiger charge is 2.02. The molecule has 1 aromatic carbocycles. The largest absolute Gasteiger partial charge is 0.256 e. The zero-order valence-corrected chi connectivity index (χ0v) is 8.83. The standard InChI is InChI=1S/C12H10N4/c1-9-4-3-7-14-12(9)10-5-2-6-11(8-10)15-16-13/h2-8H,1H3. The fourth-order valence-electron chi connectivity index (χ4n) is 1.55. The topological polar surface area (TPSA) is 61.7 Å². The fourth-order valence-corrected chi connectivity index (χ4v) is 1.55. The highest BCUT2D eigenvalue weighted by atomic mass is 15.1. The Bertz CT molecular complexity index is 556. The van der Waals surface area contributed by atoms with Gasteiger partial charge in [-0.3, -0.25) is 4.98 Å². The number of azide groups is 1. The molecule has 1 aromatic heterocycles. The summed E-state index contributed by atoms with van der Waals surface area (Å²) in [5.74, 6) is 0. The molecule has 0 fully saturated rings. The molecule has 0 amide bonds. The van der Waals surface area contributed by atoms with Gasteiger partial charge in [-0.05, 0) is 30.2 Å². The summed E-state index contributed by atoms with van der Waals surface area (Å²) in [7, 11) is 0. The molecule has 0 aliphatic rings. The molecule has 4 heteroatoms. The van der Waals surface area contributed by atoms with Crippen molar-refractivity contribution in [2.75, 3.05) is 0 Å². The average Bonchev–Trinajstić information content (AvgIpc) is 2.30. The summed E-state index contributed by atoms with van der Waals surface area (Å²) in [5.41, 5.74) is 12.0. The van der Waals surface area contributed by atoms with Crippen molar-refractivity contribution in [3.05, 3.63) is 58.6 Å². The van der Waals surface area contributed by atoms with Crippen LogP contribution in [-0.2, 0) is 0 Å². The minimum Gasteiger partial charge on any atom is -0.256 e. The van der Waals surface area contributed by atoms with Crippen LogP contribution < -0.4 is 0 Å². The Kier molecular flexibility index (Phi) is 2.85. The first-order chi connectivity index (χ1) is 7.81. The smallest absolute Gasteiger partial charge is 0.0731 e. The van der Waals surface area contributed by atoms with E-state index in [1.54, 1.807) is 12.3 Å². The van der Waals surface area contributed by atoms with Gasteiger partial charge in [-0.2, -0.15) is 0 Å². The molecule has 0 radical (unpaired) electrons. The van der Waals surface area contributed by atoms with Crippen LogP contribution in [0.25, 0.3) is 21.7 Å². The predicted octanol–water partition coefficient (Wildman–Crippen LogP) is 4.00. The molecule has 0 saturated carbocycles. The molecule has 0 N–H and O–H groups in total. The van der Waals surface area contributed by atoms with Gasteiger partial charge in [0, 0.05) is 22.4 Å². The number of aromatic nitrogens is 1. The molecule has 0 bridgehead atoms. The zero-order valence-electron chi connectivity index (χ0n) is 8.83. The van der Waals surface area contributed by atoms with Crippen LogP contribution in [0, 0.1) is 6.92 Å². The summed E-state index contributed by atoms with van der Waals surface area (Å²) in [6, 6.07) is 11.3. The predicted molar refractivity (Wildman–Crippen MR) is 63.2 cm³/mol. The van der Waals surface area contributed by atoms with E-state index in [-0.39, 0.29) is 0 Å². The quantitative estimate of drug-likeness (QED) is 0.419. The van der Waals surface area contributed by atoms with Crippen LogP contribution in [0.3, 0.4) is 0 Å². The lowest BCUT2D eigenvalue weighted by atomic mass is 10.1. The summed E-state index contributed by atoms with van der Waals surface area (Å²) >= 11 is 0. The molecule has 0 aliphatic heterocycles. The van der Waals surface area contributed by atoms with Crippen molar-refractivity contribution in [2.24, 2.45) is 5.11 Å². The van der Waals surface area contributed by atoms with Crippen LogP contribution in [0.2, 0.25) is 0 Å². The van der Waals surface area contributed by atoms with E-state index in [0.29, 0.717) is 5.69 Å². The highest BCUT2D eigenvalue weighted by Crippen LogP contribution is 2.24. The van der Waals surface area contributed by atoms with Crippen molar-refractivity contribution >= 4 is 5.69 Å². The number of hydrogen-bond acceptors (Lipinski definition) is 2. The molecule has 2 aromatic rings. The zero-order chi connectivity index (χ0) is 11.4. The van der Waals surface area contributed by atoms with E-state index in [1.807, 2.05) is 37.3 Å². The molecular formula is C12H10N4. The molecule has 0 unspecified atom stereocenters. The molecule has 4 nitrogen and oxygen atoms in total. The van der Waals surface area contributed by atoms with Gasteiger partial charge < -0.3 is 0 Å². The second kappa shape index (κ2) is 4.47. The summed E-state index contributed by atoms with van der Waals surface area (Å²) in [4.78, 5) is 7.08. The molecule has 0 saturated heterocycles. The van der Waals surface area contributed by atoms with Gasteiger partial charge >= 0.3 is 0 Å². The van der Waals surface area contributed by atoms with Crippen LogP contribution in [0.1, 0.15) is 5.56 Å². The van der Waals surface area contributed by atoms with Gasteiger partial charge in [-0.15, -0.1) is 0 Å². The van der Waals surface area contributed by atoms with Gasteiger partial charge in [0.25, 0.3) is 0 Å². The van der Waals surface area contributed by atoms with Crippen molar-refractivity contribution < 1.29 is 0 Å². The fraction of sp³-hybridized carbons (Fsp3) is 0.0833. The minimum absolute atomic E-state index is 0.602. The number of pyridine rings is 1. The van der Waals surface area contributed by atoms with Gasteiger partial charge in [0.2, 0.25) is 0 Å². The van der Waals surface area contributed by atoms with Crippen molar-refractivity contribution in [1.29, 1.82) is 0 Å². The Hall–Kier alpha value is -2.32. The van der Waals surface area contributed by atoms with Crippen molar-refractivity contribution in [3.63, 3.8) is 0 Å². The van der Waals surface area contributed by atoms with Crippen molar-refractivity contribution in [3.8, 4) is 11.3 Å². The lowest BCUT2D eigenvalue weighted by Gasteiger charge is -2.04. The molecule has 0 atom stereocenters. The number of aryl methyl sites for hydroxylation is 1. The number of benzene rings is 1. The third-order valence-corrected chi connectivity index (χ3v) is 2.29. The molecular weight excluding hydrogens is 200 g/mol. The van der Waals surface area contributed by atoms with E-state index < -0.39 is 0 Å². The normalized spacial score (nSPS) is 9.56. The van der Waals surface area contributed by atoms with E-state index in [0.717, 1.165) is 16.8 Å². The molecule has 2 rings (SSSR count). The molecule has 78 valence electrons. The third kappa shape index (κ3) is 2.02. The summed E-state index contributed by atoms with van der Waals surface area (Å²) < 4.78 is 0. The summed E-state index contributed by atoms with van der Waals surface area (Å²) in [5, 5.41) is 3.58. The second-order valence-corrected chi connectivity index (χ2v) is 3.41. The van der Waals surface area contributed by atoms with Gasteiger partial charge in [-0.25, -0.2) is 0 Å². The van der Waals surface area contributed by atoms with Gasteiger partial charge in [-0.1, -0.05) is 29.4 Å². The Morgan fingerprint density at radius 2 is 2.12 bits per heavy atom. The lowest BCUT2D eigenvalue weighted by molar-refractivity contribution is 1.27. The highest BCUT2D eigenvalue weighted by molar-refractivity contribution is 5.66. The first-order valence-corrected chi connectivity index (χ1v) is 4.88. The Morgan fingerprint density at radius 1 is 1.25 bits per heavy atom. The van der Waals surface area contributed by atoms with Crippen LogP contribution in [0.15, 0.2) is 47.7 Å². The molecule has 0 aliphatic carbocycles. The van der Waals surface area contributed by atoms with Gasteiger partial charge in [0.1, 0.15) is 0 Å². The lowest BCUT2D eigenvalue weighted by Crippen LogP contribution is -1.86. The number of hydrogen-bond donors (Lipinski definition) is 0. The van der Waals surface area contributed by atoms with E-state index in [4.69, 9.17) is 5.53 Å². The molecule has 0 spiro atoms. The average molecular weight is 210 g/mol. The molecule has 16 heavy (non-hydrogen) atoms. The van der Waals surface area contributed by atoms with Crippen LogP contribution in [-0.4, -0.2) is 4.98 Å². The van der Waals surface area contributed by atoms with Gasteiger partial charge in [0.15, 0.2) is 0 Å². The Morgan fingerprint density at radius 3 is 2.88 bits per heavy atom. The third-order valence-electron chi connectivity index (χ3n) is 2.29. The van der Waals surface area contributed by atoms with Crippen LogP contribution >= 0.6 is 0 Å². The number of rotatable bonds is 2. The second-order valence-electron chi connectivity index (χ2n) is 3.41. The molecule has 1 heterocycles. The maximum atomic E-state index is 8.38. The first kappa shape index (κ1) is 10.2. The monoisotopic (exact) mass is 210 g/mol. The van der Waals surface area contributed by atoms with Crippen molar-refractivity contribution in [1.82, 2.24) is 4.98 Å². The van der Waals surface area contributed by atoms with E-state index in [9.17, 15) is 0 Å². The van der Waals surface area contributed by atoms with Crippen LogP contribution in [0.5, 0.6) is 0 Å². The minimum atomic E-state index is 0.602. The summed E-state index contributed by atoms with van der Waals surface area (Å²) in [6.45, 7) is 2.00.